The van der Waals surface area contributed by atoms with Gasteiger partial charge in [0.2, 0.25) is 0 Å². The van der Waals surface area contributed by atoms with Gasteiger partial charge in [-0.2, -0.15) is 5.10 Å². The second kappa shape index (κ2) is 8.68. The highest BCUT2D eigenvalue weighted by Gasteiger charge is 2.42. The molecule has 2 heterocycles. The number of H-pyrrole nitrogens is 1. The maximum atomic E-state index is 13.3. The summed E-state index contributed by atoms with van der Waals surface area (Å²) in [5.74, 6) is 1.23. The van der Waals surface area contributed by atoms with E-state index in [9.17, 15) is 15.0 Å². The quantitative estimate of drug-likeness (QED) is 0.390. The Labute approximate surface area is 197 Å². The first-order valence-corrected chi connectivity index (χ1v) is 11.1. The van der Waals surface area contributed by atoms with E-state index >= 15 is 0 Å². The van der Waals surface area contributed by atoms with Crippen LogP contribution in [0.5, 0.6) is 17.2 Å². The number of nitrogens with zero attached hydrogens (tertiary/aromatic N) is 2. The summed E-state index contributed by atoms with van der Waals surface area (Å²) >= 11 is 0. The molecule has 0 spiro atoms. The van der Waals surface area contributed by atoms with Gasteiger partial charge in [-0.1, -0.05) is 36.4 Å². The highest BCUT2D eigenvalue weighted by Crippen LogP contribution is 2.45. The average molecular weight is 456 g/mol. The number of rotatable bonds is 6. The molecule has 3 aromatic carbocycles. The minimum absolute atomic E-state index is 0.132. The number of carbonyl (C=O) groups excluding carboxylic acids is 1. The molecule has 0 fully saturated rings. The van der Waals surface area contributed by atoms with Gasteiger partial charge in [0.1, 0.15) is 28.6 Å². The van der Waals surface area contributed by atoms with Crippen LogP contribution in [0.4, 0.5) is 0 Å². The minimum Gasteiger partial charge on any atom is -0.507 e. The number of aromatic hydroxyl groups is 1. The standard InChI is InChI=1S/C27H25N3O4/c1-16-13-17(2)26(32)21(14-16)23-22-24(29-28-23)27(33)30(11-12-31)25(22)18-7-6-10-20(15-18)34-19-8-4-3-5-9-19/h3-10,13-15,25,31-32H,11-12H2,1-2H3,(H,28,29)/t25-/m1/s1. The fourth-order valence-electron chi connectivity index (χ4n) is 4.60. The number of aromatic amines is 1. The molecule has 34 heavy (non-hydrogen) atoms. The van der Waals surface area contributed by atoms with E-state index in [1.54, 1.807) is 4.90 Å². The van der Waals surface area contributed by atoms with Crippen LogP contribution in [0.25, 0.3) is 11.3 Å². The Hall–Kier alpha value is -4.10. The fourth-order valence-corrected chi connectivity index (χ4v) is 4.60. The molecule has 7 heteroatoms. The number of hydrogen-bond donors (Lipinski definition) is 3. The molecule has 0 radical (unpaired) electrons. The lowest BCUT2D eigenvalue weighted by Crippen LogP contribution is -2.32. The number of nitrogens with one attached hydrogen (secondary N) is 1. The predicted octanol–water partition coefficient (Wildman–Crippen LogP) is 4.73. The molecule has 3 N–H and O–H groups in total. The van der Waals surface area contributed by atoms with Crippen LogP contribution in [0.15, 0.2) is 66.7 Å². The van der Waals surface area contributed by atoms with Crippen molar-refractivity contribution < 1.29 is 19.7 Å². The highest BCUT2D eigenvalue weighted by molar-refractivity contribution is 6.00. The first kappa shape index (κ1) is 21.7. The zero-order valence-electron chi connectivity index (χ0n) is 18.9. The Morgan fingerprint density at radius 1 is 1.03 bits per heavy atom. The number of benzene rings is 3. The number of β-amino-alcohol motifs (C(OH)–C–C–N with tert-alkyl or cyclic N) is 1. The van der Waals surface area contributed by atoms with E-state index in [1.165, 1.54) is 0 Å². The largest absolute Gasteiger partial charge is 0.507 e. The summed E-state index contributed by atoms with van der Waals surface area (Å²) in [7, 11) is 0. The van der Waals surface area contributed by atoms with E-state index < -0.39 is 6.04 Å². The summed E-state index contributed by atoms with van der Waals surface area (Å²) in [6.45, 7) is 3.77. The van der Waals surface area contributed by atoms with Crippen molar-refractivity contribution in [3.8, 4) is 28.5 Å². The lowest BCUT2D eigenvalue weighted by molar-refractivity contribution is 0.0706. The van der Waals surface area contributed by atoms with E-state index in [0.717, 1.165) is 16.7 Å². The Morgan fingerprint density at radius 2 is 1.79 bits per heavy atom. The number of aromatic nitrogens is 2. The number of para-hydroxylation sites is 1. The smallest absolute Gasteiger partial charge is 0.273 e. The normalized spacial score (nSPS) is 15.0. The number of aryl methyl sites for hydroxylation is 2. The molecular weight excluding hydrogens is 430 g/mol. The lowest BCUT2D eigenvalue weighted by Gasteiger charge is -2.26. The number of phenolic OH excluding ortho intramolecular Hbond substituents is 1. The van der Waals surface area contributed by atoms with Gasteiger partial charge in [0.05, 0.1) is 12.6 Å². The summed E-state index contributed by atoms with van der Waals surface area (Å²) in [5.41, 5.74) is 4.66. The molecule has 172 valence electrons. The van der Waals surface area contributed by atoms with Gasteiger partial charge in [-0.25, -0.2) is 0 Å². The van der Waals surface area contributed by atoms with E-state index in [1.807, 2.05) is 80.6 Å². The van der Waals surface area contributed by atoms with E-state index in [0.29, 0.717) is 34.0 Å². The summed E-state index contributed by atoms with van der Waals surface area (Å²) in [6, 6.07) is 20.3. The summed E-state index contributed by atoms with van der Waals surface area (Å²) in [6.07, 6.45) is 0. The van der Waals surface area contributed by atoms with Gasteiger partial charge in [0, 0.05) is 17.7 Å². The van der Waals surface area contributed by atoms with Gasteiger partial charge < -0.3 is 19.8 Å². The van der Waals surface area contributed by atoms with E-state index in [-0.39, 0.29) is 24.8 Å². The number of phenols is 1. The van der Waals surface area contributed by atoms with Crippen molar-refractivity contribution in [1.82, 2.24) is 15.1 Å². The third-order valence-electron chi connectivity index (χ3n) is 6.06. The first-order chi connectivity index (χ1) is 16.5. The molecule has 1 atom stereocenters. The Kier molecular flexibility index (Phi) is 5.55. The van der Waals surface area contributed by atoms with Gasteiger partial charge >= 0.3 is 0 Å². The number of hydrogen-bond acceptors (Lipinski definition) is 5. The van der Waals surface area contributed by atoms with Crippen LogP contribution < -0.4 is 4.74 Å². The van der Waals surface area contributed by atoms with Crippen molar-refractivity contribution in [2.45, 2.75) is 19.9 Å². The molecule has 4 aromatic rings. The third kappa shape index (κ3) is 3.70. The molecule has 0 aliphatic carbocycles. The van der Waals surface area contributed by atoms with Crippen molar-refractivity contribution in [3.05, 3.63) is 94.7 Å². The van der Waals surface area contributed by atoms with Gasteiger partial charge in [-0.05, 0) is 60.9 Å². The number of fused-ring (bicyclic) bond motifs is 1. The van der Waals surface area contributed by atoms with Crippen molar-refractivity contribution in [2.75, 3.05) is 13.2 Å². The lowest BCUT2D eigenvalue weighted by atomic mass is 9.94. The second-order valence-electron chi connectivity index (χ2n) is 8.45. The molecule has 1 aromatic heterocycles. The van der Waals surface area contributed by atoms with Crippen LogP contribution in [-0.2, 0) is 0 Å². The predicted molar refractivity (Wildman–Crippen MR) is 128 cm³/mol. The van der Waals surface area contributed by atoms with Gasteiger partial charge in [0.25, 0.3) is 5.91 Å². The number of aliphatic hydroxyl groups is 1. The molecule has 0 saturated heterocycles. The van der Waals surface area contributed by atoms with Gasteiger partial charge in [-0.15, -0.1) is 0 Å². The highest BCUT2D eigenvalue weighted by atomic mass is 16.5. The molecule has 1 amide bonds. The van der Waals surface area contributed by atoms with Crippen molar-refractivity contribution in [1.29, 1.82) is 0 Å². The summed E-state index contributed by atoms with van der Waals surface area (Å²) in [4.78, 5) is 14.9. The molecule has 7 nitrogen and oxygen atoms in total. The van der Waals surface area contributed by atoms with Crippen LogP contribution in [0.3, 0.4) is 0 Å². The monoisotopic (exact) mass is 455 g/mol. The maximum Gasteiger partial charge on any atom is 0.273 e. The first-order valence-electron chi connectivity index (χ1n) is 11.1. The number of aliphatic hydroxyl groups excluding tert-OH is 1. The van der Waals surface area contributed by atoms with Crippen LogP contribution in [0.1, 0.15) is 38.8 Å². The summed E-state index contributed by atoms with van der Waals surface area (Å²) < 4.78 is 6.02. The van der Waals surface area contributed by atoms with Crippen LogP contribution in [-0.4, -0.2) is 44.4 Å². The molecule has 0 saturated carbocycles. The zero-order valence-corrected chi connectivity index (χ0v) is 18.9. The average Bonchev–Trinajstić information content (AvgIpc) is 3.36. The molecule has 5 rings (SSSR count). The van der Waals surface area contributed by atoms with E-state index in [2.05, 4.69) is 10.2 Å². The van der Waals surface area contributed by atoms with Crippen molar-refractivity contribution >= 4 is 5.91 Å². The Morgan fingerprint density at radius 3 is 2.56 bits per heavy atom. The SMILES string of the molecule is Cc1cc(C)c(O)c(-c2n[nH]c3c2[C@@H](c2cccc(Oc4ccccc4)c2)N(CCO)C3=O)c1. The zero-order chi connectivity index (χ0) is 23.8. The van der Waals surface area contributed by atoms with E-state index in [4.69, 9.17) is 4.74 Å². The molecule has 0 unspecified atom stereocenters. The van der Waals surface area contributed by atoms with Crippen molar-refractivity contribution in [2.24, 2.45) is 0 Å². The number of ether oxygens (including phenoxy) is 1. The second-order valence-corrected chi connectivity index (χ2v) is 8.45. The van der Waals surface area contributed by atoms with Crippen molar-refractivity contribution in [3.63, 3.8) is 0 Å². The minimum atomic E-state index is -0.497. The van der Waals surface area contributed by atoms with Crippen LogP contribution in [0.2, 0.25) is 0 Å². The summed E-state index contributed by atoms with van der Waals surface area (Å²) in [5, 5.41) is 27.8. The van der Waals surface area contributed by atoms with Gasteiger partial charge in [0.15, 0.2) is 0 Å². The number of amides is 1. The third-order valence-corrected chi connectivity index (χ3v) is 6.06. The number of carbonyl (C=O) groups is 1. The Bertz CT molecular complexity index is 1360. The maximum absolute atomic E-state index is 13.3. The molecule has 1 aliphatic rings. The van der Waals surface area contributed by atoms with Gasteiger partial charge in [-0.3, -0.25) is 9.89 Å². The van der Waals surface area contributed by atoms with Crippen LogP contribution in [0, 0.1) is 13.8 Å². The molecular formula is C27H25N3O4. The fraction of sp³-hybridized carbons (Fsp3) is 0.185. The Balaban J connectivity index is 1.63. The van der Waals surface area contributed by atoms with Crippen LogP contribution >= 0.6 is 0 Å². The molecule has 0 bridgehead atoms. The molecule has 1 aliphatic heterocycles. The topological polar surface area (TPSA) is 98.7 Å².